The van der Waals surface area contributed by atoms with Crippen molar-refractivity contribution in [2.75, 3.05) is 52.4 Å². The first-order valence-electron chi connectivity index (χ1n) is 9.63. The lowest BCUT2D eigenvalue weighted by Gasteiger charge is -2.38. The predicted molar refractivity (Wildman–Crippen MR) is 97.6 cm³/mol. The summed E-state index contributed by atoms with van der Waals surface area (Å²) in [5, 5.41) is 2.87. The predicted octanol–water partition coefficient (Wildman–Crippen LogP) is 0.524. The number of hydrogen-bond acceptors (Lipinski definition) is 5. The topological polar surface area (TPSA) is 82.2 Å². The van der Waals surface area contributed by atoms with Crippen molar-refractivity contribution >= 4 is 17.9 Å². The minimum atomic E-state index is -0.391. The van der Waals surface area contributed by atoms with Crippen LogP contribution in [-0.2, 0) is 14.3 Å². The molecule has 0 aromatic rings. The molecule has 2 heterocycles. The molecule has 26 heavy (non-hydrogen) atoms. The van der Waals surface area contributed by atoms with Crippen molar-refractivity contribution in [3.8, 4) is 0 Å². The number of piperazine rings is 2. The summed E-state index contributed by atoms with van der Waals surface area (Å²) in [7, 11) is 0. The van der Waals surface area contributed by atoms with E-state index in [1.54, 1.807) is 16.7 Å². The van der Waals surface area contributed by atoms with Gasteiger partial charge in [0.1, 0.15) is 0 Å². The monoisotopic (exact) mass is 368 g/mol. The summed E-state index contributed by atoms with van der Waals surface area (Å²) in [5.41, 5.74) is 0. The zero-order valence-corrected chi connectivity index (χ0v) is 16.2. The van der Waals surface area contributed by atoms with Crippen molar-refractivity contribution in [2.45, 2.75) is 39.7 Å². The Morgan fingerprint density at radius 3 is 2.42 bits per heavy atom. The van der Waals surface area contributed by atoms with Gasteiger partial charge in [-0.05, 0) is 25.8 Å². The summed E-state index contributed by atoms with van der Waals surface area (Å²) in [6, 6.07) is -0.391. The molecule has 0 saturated carbocycles. The Kier molecular flexibility index (Phi) is 7.68. The van der Waals surface area contributed by atoms with Gasteiger partial charge in [-0.25, -0.2) is 4.79 Å². The standard InChI is InChI=1S/C18H32N4O4/c1-4-26-18(25)22-11-9-21(10-12-22)16(23)13-15-17(24)19-6-8-20(15)7-5-14(2)3/h14-15H,4-13H2,1-3H3,(H,19,24)/t15-/m0/s1. The van der Waals surface area contributed by atoms with Gasteiger partial charge in [0.15, 0.2) is 0 Å². The molecule has 3 amide bonds. The lowest BCUT2D eigenvalue weighted by molar-refractivity contribution is -0.139. The third kappa shape index (κ3) is 5.59. The third-order valence-electron chi connectivity index (χ3n) is 4.96. The molecule has 2 saturated heterocycles. The minimum absolute atomic E-state index is 0.0231. The third-order valence-corrected chi connectivity index (χ3v) is 4.96. The van der Waals surface area contributed by atoms with E-state index in [0.29, 0.717) is 45.2 Å². The van der Waals surface area contributed by atoms with Crippen LogP contribution in [0, 0.1) is 5.92 Å². The summed E-state index contributed by atoms with van der Waals surface area (Å²) < 4.78 is 5.00. The van der Waals surface area contributed by atoms with Crippen molar-refractivity contribution < 1.29 is 19.1 Å². The second-order valence-electron chi connectivity index (χ2n) is 7.30. The van der Waals surface area contributed by atoms with E-state index < -0.39 is 6.04 Å². The molecule has 0 unspecified atom stereocenters. The van der Waals surface area contributed by atoms with Gasteiger partial charge >= 0.3 is 6.09 Å². The van der Waals surface area contributed by atoms with Gasteiger partial charge in [-0.3, -0.25) is 14.5 Å². The lowest BCUT2D eigenvalue weighted by Crippen LogP contribution is -2.58. The van der Waals surface area contributed by atoms with Gasteiger partial charge in [0, 0.05) is 39.3 Å². The van der Waals surface area contributed by atoms with E-state index in [0.717, 1.165) is 19.5 Å². The highest BCUT2D eigenvalue weighted by molar-refractivity contribution is 5.89. The van der Waals surface area contributed by atoms with Crippen molar-refractivity contribution in [2.24, 2.45) is 5.92 Å². The van der Waals surface area contributed by atoms with Crippen LogP contribution >= 0.6 is 0 Å². The fourth-order valence-electron chi connectivity index (χ4n) is 3.32. The minimum Gasteiger partial charge on any atom is -0.450 e. The van der Waals surface area contributed by atoms with Crippen LogP contribution in [0.3, 0.4) is 0 Å². The Labute approximate surface area is 155 Å². The lowest BCUT2D eigenvalue weighted by atomic mass is 10.0. The first-order chi connectivity index (χ1) is 12.4. The zero-order chi connectivity index (χ0) is 19.1. The van der Waals surface area contributed by atoms with Crippen molar-refractivity contribution in [3.63, 3.8) is 0 Å². The largest absolute Gasteiger partial charge is 0.450 e. The Hall–Kier alpha value is -1.83. The summed E-state index contributed by atoms with van der Waals surface area (Å²) in [6.07, 6.45) is 0.880. The van der Waals surface area contributed by atoms with Gasteiger partial charge in [-0.2, -0.15) is 0 Å². The number of ether oxygens (including phenoxy) is 1. The van der Waals surface area contributed by atoms with E-state index >= 15 is 0 Å². The number of carbonyl (C=O) groups excluding carboxylic acids is 3. The van der Waals surface area contributed by atoms with Gasteiger partial charge in [0.25, 0.3) is 0 Å². The van der Waals surface area contributed by atoms with Gasteiger partial charge in [0.2, 0.25) is 11.8 Å². The molecule has 2 aliphatic heterocycles. The smallest absolute Gasteiger partial charge is 0.409 e. The molecule has 0 bridgehead atoms. The maximum Gasteiger partial charge on any atom is 0.409 e. The van der Waals surface area contributed by atoms with Crippen LogP contribution in [0.5, 0.6) is 0 Å². The summed E-state index contributed by atoms with van der Waals surface area (Å²) in [6.45, 7) is 10.6. The molecule has 8 heteroatoms. The highest BCUT2D eigenvalue weighted by Gasteiger charge is 2.34. The van der Waals surface area contributed by atoms with Crippen LogP contribution in [-0.4, -0.2) is 91.1 Å². The van der Waals surface area contributed by atoms with Crippen LogP contribution < -0.4 is 5.32 Å². The molecular weight excluding hydrogens is 336 g/mol. The maximum absolute atomic E-state index is 12.7. The molecule has 0 aliphatic carbocycles. The molecule has 148 valence electrons. The van der Waals surface area contributed by atoms with Crippen molar-refractivity contribution in [1.82, 2.24) is 20.0 Å². The average molecular weight is 368 g/mol. The van der Waals surface area contributed by atoms with Crippen LogP contribution in [0.1, 0.15) is 33.6 Å². The highest BCUT2D eigenvalue weighted by Crippen LogP contribution is 2.14. The molecule has 0 spiro atoms. The Morgan fingerprint density at radius 1 is 1.15 bits per heavy atom. The number of amides is 3. The fraction of sp³-hybridized carbons (Fsp3) is 0.833. The molecule has 1 N–H and O–H groups in total. The molecule has 2 rings (SSSR count). The van der Waals surface area contributed by atoms with Gasteiger partial charge in [0.05, 0.1) is 19.1 Å². The van der Waals surface area contributed by atoms with Crippen LogP contribution in [0.15, 0.2) is 0 Å². The van der Waals surface area contributed by atoms with Crippen LogP contribution in [0.25, 0.3) is 0 Å². The van der Waals surface area contributed by atoms with Crippen molar-refractivity contribution in [3.05, 3.63) is 0 Å². The Bertz CT molecular complexity index is 503. The van der Waals surface area contributed by atoms with E-state index in [2.05, 4.69) is 24.1 Å². The van der Waals surface area contributed by atoms with E-state index in [4.69, 9.17) is 4.74 Å². The molecule has 0 radical (unpaired) electrons. The molecule has 0 aromatic heterocycles. The molecule has 8 nitrogen and oxygen atoms in total. The van der Waals surface area contributed by atoms with Crippen LogP contribution in [0.4, 0.5) is 4.79 Å². The number of nitrogens with one attached hydrogen (secondary N) is 1. The number of hydrogen-bond donors (Lipinski definition) is 1. The van der Waals surface area contributed by atoms with Crippen LogP contribution in [0.2, 0.25) is 0 Å². The highest BCUT2D eigenvalue weighted by atomic mass is 16.6. The number of rotatable bonds is 6. The molecular formula is C18H32N4O4. The molecule has 2 fully saturated rings. The molecule has 2 aliphatic rings. The van der Waals surface area contributed by atoms with E-state index in [-0.39, 0.29) is 24.3 Å². The van der Waals surface area contributed by atoms with E-state index in [9.17, 15) is 14.4 Å². The number of carbonyl (C=O) groups is 3. The maximum atomic E-state index is 12.7. The van der Waals surface area contributed by atoms with E-state index in [1.807, 2.05) is 0 Å². The fourth-order valence-corrected chi connectivity index (χ4v) is 3.32. The summed E-state index contributed by atoms with van der Waals surface area (Å²) in [5.74, 6) is 0.482. The second-order valence-corrected chi connectivity index (χ2v) is 7.30. The average Bonchev–Trinajstić information content (AvgIpc) is 2.62. The second kappa shape index (κ2) is 9.75. The number of nitrogens with zero attached hydrogens (tertiary/aromatic N) is 3. The first-order valence-corrected chi connectivity index (χ1v) is 9.63. The first kappa shape index (κ1) is 20.5. The quantitative estimate of drug-likeness (QED) is 0.739. The van der Waals surface area contributed by atoms with E-state index in [1.165, 1.54) is 0 Å². The SMILES string of the molecule is CCOC(=O)N1CCN(C(=O)C[C@H]2C(=O)NCCN2CCC(C)C)CC1. The zero-order valence-electron chi connectivity index (χ0n) is 16.2. The Balaban J connectivity index is 1.86. The molecule has 1 atom stereocenters. The normalized spacial score (nSPS) is 21.7. The molecule has 0 aromatic carbocycles. The van der Waals surface area contributed by atoms with Gasteiger partial charge in [-0.15, -0.1) is 0 Å². The van der Waals surface area contributed by atoms with Gasteiger partial charge < -0.3 is 19.9 Å². The van der Waals surface area contributed by atoms with Gasteiger partial charge in [-0.1, -0.05) is 13.8 Å². The summed E-state index contributed by atoms with van der Waals surface area (Å²) in [4.78, 5) is 42.2. The summed E-state index contributed by atoms with van der Waals surface area (Å²) >= 11 is 0. The van der Waals surface area contributed by atoms with Crippen molar-refractivity contribution in [1.29, 1.82) is 0 Å². The Morgan fingerprint density at radius 2 is 1.81 bits per heavy atom.